The van der Waals surface area contributed by atoms with Gasteiger partial charge in [0.1, 0.15) is 0 Å². The van der Waals surface area contributed by atoms with Crippen molar-refractivity contribution < 1.29 is 13.2 Å². The van der Waals surface area contributed by atoms with Crippen LogP contribution in [0.2, 0.25) is 0 Å². The number of hydrogen-bond acceptors (Lipinski definition) is 0. The van der Waals surface area contributed by atoms with E-state index < -0.39 is 12.6 Å². The molecule has 0 radical (unpaired) electrons. The van der Waals surface area contributed by atoms with Gasteiger partial charge < -0.3 is 0 Å². The van der Waals surface area contributed by atoms with Crippen molar-refractivity contribution in [1.82, 2.24) is 0 Å². The molecule has 0 fully saturated rings. The van der Waals surface area contributed by atoms with Gasteiger partial charge in [0, 0.05) is 6.42 Å². The minimum atomic E-state index is -3.98. The summed E-state index contributed by atoms with van der Waals surface area (Å²) in [7, 11) is 0. The van der Waals surface area contributed by atoms with Gasteiger partial charge in [0.15, 0.2) is 0 Å². The van der Waals surface area contributed by atoms with Gasteiger partial charge in [0.25, 0.3) is 0 Å². The summed E-state index contributed by atoms with van der Waals surface area (Å²) >= 11 is 0. The van der Waals surface area contributed by atoms with Crippen molar-refractivity contribution in [2.45, 2.75) is 65.0 Å². The van der Waals surface area contributed by atoms with Crippen molar-refractivity contribution in [2.75, 3.05) is 0 Å². The fourth-order valence-electron chi connectivity index (χ4n) is 1.66. The molecule has 0 aliphatic carbocycles. The Morgan fingerprint density at radius 1 is 0.929 bits per heavy atom. The van der Waals surface area contributed by atoms with Gasteiger partial charge in [0.2, 0.25) is 0 Å². The Kier molecular flexibility index (Phi) is 7.02. The molecule has 0 N–H and O–H groups in total. The van der Waals surface area contributed by atoms with Gasteiger partial charge in [-0.2, -0.15) is 13.2 Å². The summed E-state index contributed by atoms with van der Waals surface area (Å²) in [5.41, 5.74) is 0. The number of rotatable bonds is 7. The summed E-state index contributed by atoms with van der Waals surface area (Å²) in [6, 6.07) is 0. The molecule has 0 spiro atoms. The summed E-state index contributed by atoms with van der Waals surface area (Å²) in [5.74, 6) is -0.144. The maximum absolute atomic E-state index is 12.2. The molecule has 14 heavy (non-hydrogen) atoms. The lowest BCUT2D eigenvalue weighted by atomic mass is 9.93. The normalized spacial score (nSPS) is 12.4. The second-order valence-corrected chi connectivity index (χ2v) is 3.97. The molecular formula is C11H21F3. The lowest BCUT2D eigenvalue weighted by Gasteiger charge is -2.17. The van der Waals surface area contributed by atoms with Crippen molar-refractivity contribution in [1.29, 1.82) is 0 Å². The molecule has 0 bridgehead atoms. The maximum Gasteiger partial charge on any atom is 0.389 e. The van der Waals surface area contributed by atoms with Crippen LogP contribution in [0.1, 0.15) is 58.8 Å². The molecule has 0 amide bonds. The first kappa shape index (κ1) is 13.8. The molecule has 0 atom stereocenters. The van der Waals surface area contributed by atoms with E-state index in [1.807, 2.05) is 13.8 Å². The third-order valence-electron chi connectivity index (χ3n) is 2.45. The van der Waals surface area contributed by atoms with Gasteiger partial charge in [-0.3, -0.25) is 0 Å². The highest BCUT2D eigenvalue weighted by molar-refractivity contribution is 4.64. The van der Waals surface area contributed by atoms with Crippen molar-refractivity contribution in [3.63, 3.8) is 0 Å². The van der Waals surface area contributed by atoms with E-state index in [0.29, 0.717) is 0 Å². The molecule has 0 aromatic rings. The molecule has 3 heteroatoms. The van der Waals surface area contributed by atoms with E-state index in [9.17, 15) is 13.2 Å². The van der Waals surface area contributed by atoms with Gasteiger partial charge in [0.05, 0.1) is 0 Å². The van der Waals surface area contributed by atoms with Gasteiger partial charge in [-0.15, -0.1) is 0 Å². The first-order chi connectivity index (χ1) is 6.49. The topological polar surface area (TPSA) is 0 Å². The molecule has 0 aliphatic rings. The van der Waals surface area contributed by atoms with E-state index >= 15 is 0 Å². The Labute approximate surface area is 84.9 Å². The summed E-state index contributed by atoms with van der Waals surface area (Å²) in [4.78, 5) is 0. The summed E-state index contributed by atoms with van der Waals surface area (Å²) in [6.07, 6.45) is 0.709. The van der Waals surface area contributed by atoms with Crippen LogP contribution in [0.3, 0.4) is 0 Å². The zero-order valence-electron chi connectivity index (χ0n) is 9.16. The van der Waals surface area contributed by atoms with Crippen molar-refractivity contribution in [2.24, 2.45) is 5.92 Å². The minimum Gasteiger partial charge on any atom is -0.171 e. The monoisotopic (exact) mass is 210 g/mol. The standard InChI is InChI=1S/C11H21F3/c1-3-5-7-10(8-6-4-2)9-11(12,13)14/h10H,3-9H2,1-2H3. The molecule has 86 valence electrons. The van der Waals surface area contributed by atoms with E-state index in [2.05, 4.69) is 0 Å². The highest BCUT2D eigenvalue weighted by Crippen LogP contribution is 2.30. The van der Waals surface area contributed by atoms with Crippen LogP contribution < -0.4 is 0 Å². The van der Waals surface area contributed by atoms with Crippen LogP contribution in [0.25, 0.3) is 0 Å². The number of halogens is 3. The van der Waals surface area contributed by atoms with Crippen molar-refractivity contribution >= 4 is 0 Å². The SMILES string of the molecule is CCCCC(CCCC)CC(F)(F)F. The van der Waals surface area contributed by atoms with Gasteiger partial charge >= 0.3 is 6.18 Å². The van der Waals surface area contributed by atoms with Crippen LogP contribution in [-0.4, -0.2) is 6.18 Å². The summed E-state index contributed by atoms with van der Waals surface area (Å²) in [5, 5.41) is 0. The average molecular weight is 210 g/mol. The third kappa shape index (κ3) is 8.39. The number of hydrogen-bond donors (Lipinski definition) is 0. The Hall–Kier alpha value is -0.210. The number of unbranched alkanes of at least 4 members (excludes halogenated alkanes) is 2. The zero-order chi connectivity index (χ0) is 11.0. The molecule has 0 aromatic carbocycles. The lowest BCUT2D eigenvalue weighted by Crippen LogP contribution is -2.15. The number of alkyl halides is 3. The predicted octanol–water partition coefficient (Wildman–Crippen LogP) is 4.94. The molecule has 0 saturated carbocycles. The molecule has 0 aliphatic heterocycles. The largest absolute Gasteiger partial charge is 0.389 e. The van der Waals surface area contributed by atoms with Crippen LogP contribution in [0.4, 0.5) is 13.2 Å². The minimum absolute atomic E-state index is 0.144. The van der Waals surface area contributed by atoms with Gasteiger partial charge in [-0.25, -0.2) is 0 Å². The second kappa shape index (κ2) is 7.13. The first-order valence-electron chi connectivity index (χ1n) is 5.56. The van der Waals surface area contributed by atoms with E-state index in [-0.39, 0.29) is 5.92 Å². The fourth-order valence-corrected chi connectivity index (χ4v) is 1.66. The van der Waals surface area contributed by atoms with Gasteiger partial charge in [-0.05, 0) is 5.92 Å². The summed E-state index contributed by atoms with van der Waals surface area (Å²) in [6.45, 7) is 4.04. The van der Waals surface area contributed by atoms with E-state index in [4.69, 9.17) is 0 Å². The Bertz CT molecular complexity index is 121. The van der Waals surface area contributed by atoms with E-state index in [1.165, 1.54) is 0 Å². The first-order valence-corrected chi connectivity index (χ1v) is 5.56. The molecule has 0 rings (SSSR count). The second-order valence-electron chi connectivity index (χ2n) is 3.97. The molecule has 0 unspecified atom stereocenters. The van der Waals surface area contributed by atoms with Crippen LogP contribution in [-0.2, 0) is 0 Å². The van der Waals surface area contributed by atoms with E-state index in [1.54, 1.807) is 0 Å². The summed E-state index contributed by atoms with van der Waals surface area (Å²) < 4.78 is 36.5. The molecule has 0 nitrogen and oxygen atoms in total. The predicted molar refractivity (Wildman–Crippen MR) is 53.2 cm³/mol. The van der Waals surface area contributed by atoms with Crippen LogP contribution in [0.5, 0.6) is 0 Å². The third-order valence-corrected chi connectivity index (χ3v) is 2.45. The Balaban J connectivity index is 3.84. The highest BCUT2D eigenvalue weighted by Gasteiger charge is 2.30. The molecular weight excluding hydrogens is 189 g/mol. The van der Waals surface area contributed by atoms with Crippen molar-refractivity contribution in [3.05, 3.63) is 0 Å². The molecule has 0 saturated heterocycles. The fraction of sp³-hybridized carbons (Fsp3) is 1.00. The van der Waals surface area contributed by atoms with E-state index in [0.717, 1.165) is 38.5 Å². The smallest absolute Gasteiger partial charge is 0.171 e. The van der Waals surface area contributed by atoms with Gasteiger partial charge in [-0.1, -0.05) is 52.4 Å². The van der Waals surface area contributed by atoms with Crippen LogP contribution in [0, 0.1) is 5.92 Å². The molecule has 0 aromatic heterocycles. The maximum atomic E-state index is 12.2. The zero-order valence-corrected chi connectivity index (χ0v) is 9.16. The molecule has 0 heterocycles. The van der Waals surface area contributed by atoms with Crippen molar-refractivity contribution in [3.8, 4) is 0 Å². The Morgan fingerprint density at radius 3 is 1.64 bits per heavy atom. The lowest BCUT2D eigenvalue weighted by molar-refractivity contribution is -0.145. The van der Waals surface area contributed by atoms with Crippen LogP contribution in [0.15, 0.2) is 0 Å². The Morgan fingerprint density at radius 2 is 1.36 bits per heavy atom. The quantitative estimate of drug-likeness (QED) is 0.558. The van der Waals surface area contributed by atoms with Crippen LogP contribution >= 0.6 is 0 Å². The highest BCUT2D eigenvalue weighted by atomic mass is 19.4. The average Bonchev–Trinajstić information content (AvgIpc) is 2.07.